The Labute approximate surface area is 77.7 Å². The molecule has 1 rings (SSSR count). The molecule has 0 aliphatic heterocycles. The van der Waals surface area contributed by atoms with Crippen LogP contribution in [-0.4, -0.2) is 4.98 Å². The number of hydrogen-bond donors (Lipinski definition) is 3. The molecule has 11 heavy (non-hydrogen) atoms. The third-order valence-corrected chi connectivity index (χ3v) is 2.16. The molecule has 0 amide bonds. The monoisotopic (exact) mass is 266 g/mol. The summed E-state index contributed by atoms with van der Waals surface area (Å²) in [6.45, 7) is 1.78. The Balaban J connectivity index is 3.46. The number of halogens is 1. The number of aryl methyl sites for hydroxylation is 1. The number of hydrogen-bond acceptors (Lipinski definition) is 4. The first-order valence-electron chi connectivity index (χ1n) is 2.92. The Morgan fingerprint density at radius 2 is 1.91 bits per heavy atom. The Hall–Kier alpha value is -0.790. The molecule has 0 radical (unpaired) electrons. The van der Waals surface area contributed by atoms with Crippen LogP contribution in [0.5, 0.6) is 0 Å². The molecule has 0 atom stereocenters. The van der Waals surface area contributed by atoms with Crippen LogP contribution in [0.2, 0.25) is 0 Å². The third-order valence-electron chi connectivity index (χ3n) is 1.37. The normalized spacial score (nSPS) is 10.0. The molecule has 0 bridgehead atoms. The molecule has 1 aromatic rings. The van der Waals surface area contributed by atoms with Gasteiger partial charge in [-0.1, -0.05) is 0 Å². The first-order chi connectivity index (χ1) is 5.04. The summed E-state index contributed by atoms with van der Waals surface area (Å²) in [5.74, 6) is 6.28. The SMILES string of the molecule is Cc1nc(I)c(N)[n+](N)c1N. The lowest BCUT2D eigenvalue weighted by molar-refractivity contribution is -0.609. The van der Waals surface area contributed by atoms with Gasteiger partial charge in [0.1, 0.15) is 5.69 Å². The Kier molecular flexibility index (Phi) is 2.03. The zero-order valence-electron chi connectivity index (χ0n) is 6.00. The molecule has 0 aliphatic carbocycles. The lowest BCUT2D eigenvalue weighted by Gasteiger charge is -2.03. The summed E-state index contributed by atoms with van der Waals surface area (Å²) >= 11 is 2.00. The van der Waals surface area contributed by atoms with E-state index in [0.717, 1.165) is 0 Å². The van der Waals surface area contributed by atoms with Crippen LogP contribution >= 0.6 is 22.6 Å². The van der Waals surface area contributed by atoms with E-state index in [4.69, 9.17) is 17.3 Å². The number of anilines is 2. The minimum Gasteiger partial charge on any atom is -0.315 e. The number of nitrogens with zero attached hydrogens (tertiary/aromatic N) is 2. The van der Waals surface area contributed by atoms with Crippen molar-refractivity contribution in [2.24, 2.45) is 0 Å². The van der Waals surface area contributed by atoms with Crippen molar-refractivity contribution < 1.29 is 4.68 Å². The van der Waals surface area contributed by atoms with E-state index in [9.17, 15) is 0 Å². The maximum absolute atomic E-state index is 5.54. The lowest BCUT2D eigenvalue weighted by Crippen LogP contribution is -2.50. The minimum absolute atomic E-state index is 0.383. The molecule has 0 saturated carbocycles. The number of aromatic nitrogens is 2. The second kappa shape index (κ2) is 2.68. The minimum atomic E-state index is 0.383. The van der Waals surface area contributed by atoms with Gasteiger partial charge in [0.25, 0.3) is 11.6 Å². The summed E-state index contributed by atoms with van der Waals surface area (Å²) in [5.41, 5.74) is 11.8. The third kappa shape index (κ3) is 1.30. The number of rotatable bonds is 0. The fraction of sp³-hybridized carbons (Fsp3) is 0.200. The average Bonchev–Trinajstić information content (AvgIpc) is 1.97. The largest absolute Gasteiger partial charge is 0.315 e. The van der Waals surface area contributed by atoms with Gasteiger partial charge in [-0.05, 0) is 29.5 Å². The molecule has 1 heterocycles. The quantitative estimate of drug-likeness (QED) is 0.324. The second-order valence-electron chi connectivity index (χ2n) is 2.13. The van der Waals surface area contributed by atoms with Crippen molar-refractivity contribution in [3.8, 4) is 0 Å². The predicted molar refractivity (Wildman–Crippen MR) is 50.9 cm³/mol. The maximum Gasteiger partial charge on any atom is 0.273 e. The fourth-order valence-corrected chi connectivity index (χ4v) is 1.29. The summed E-state index contributed by atoms with van der Waals surface area (Å²) in [6, 6.07) is 0. The van der Waals surface area contributed by atoms with Crippen molar-refractivity contribution in [1.82, 2.24) is 4.98 Å². The maximum atomic E-state index is 5.54. The van der Waals surface area contributed by atoms with Crippen LogP contribution in [0, 0.1) is 10.6 Å². The molecule has 5 nitrogen and oxygen atoms in total. The number of nitrogen functional groups attached to an aromatic ring is 3. The summed E-state index contributed by atoms with van der Waals surface area (Å²) in [6.07, 6.45) is 0. The van der Waals surface area contributed by atoms with Crippen molar-refractivity contribution in [2.45, 2.75) is 6.92 Å². The zero-order chi connectivity index (χ0) is 8.59. The molecule has 1 aromatic heterocycles. The summed E-state index contributed by atoms with van der Waals surface area (Å²) in [5, 5.41) is 0. The molecule has 0 aliphatic rings. The fourth-order valence-electron chi connectivity index (χ4n) is 0.665. The Bertz CT molecular complexity index is 271. The second-order valence-corrected chi connectivity index (χ2v) is 3.15. The van der Waals surface area contributed by atoms with Crippen LogP contribution in [0.1, 0.15) is 5.69 Å². The molecule has 6 N–H and O–H groups in total. The van der Waals surface area contributed by atoms with Gasteiger partial charge in [0.15, 0.2) is 3.70 Å². The molecule has 6 heteroatoms. The molecule has 0 fully saturated rings. The van der Waals surface area contributed by atoms with E-state index in [1.807, 2.05) is 22.6 Å². The van der Waals surface area contributed by atoms with Gasteiger partial charge >= 0.3 is 0 Å². The molecule has 0 unspecified atom stereocenters. The van der Waals surface area contributed by atoms with Crippen LogP contribution in [0.25, 0.3) is 0 Å². The van der Waals surface area contributed by atoms with E-state index in [0.29, 0.717) is 21.0 Å². The van der Waals surface area contributed by atoms with Gasteiger partial charge in [-0.15, -0.1) is 4.68 Å². The average molecular weight is 266 g/mol. The van der Waals surface area contributed by atoms with Crippen molar-refractivity contribution in [1.29, 1.82) is 0 Å². The lowest BCUT2D eigenvalue weighted by atomic mass is 10.4. The van der Waals surface area contributed by atoms with Crippen molar-refractivity contribution in [2.75, 3.05) is 17.3 Å². The summed E-state index contributed by atoms with van der Waals surface area (Å²) in [4.78, 5) is 4.07. The van der Waals surface area contributed by atoms with Gasteiger partial charge in [-0.3, -0.25) is 5.84 Å². The summed E-state index contributed by atoms with van der Waals surface area (Å²) in [7, 11) is 0. The first-order valence-corrected chi connectivity index (χ1v) is 4.00. The Morgan fingerprint density at radius 1 is 1.36 bits per heavy atom. The highest BCUT2D eigenvalue weighted by atomic mass is 127. The summed E-state index contributed by atoms with van der Waals surface area (Å²) < 4.78 is 1.89. The van der Waals surface area contributed by atoms with E-state index in [1.165, 1.54) is 4.68 Å². The molecule has 0 spiro atoms. The van der Waals surface area contributed by atoms with E-state index < -0.39 is 0 Å². The van der Waals surface area contributed by atoms with Crippen molar-refractivity contribution in [3.05, 3.63) is 9.39 Å². The molecule has 60 valence electrons. The van der Waals surface area contributed by atoms with Gasteiger partial charge in [0.2, 0.25) is 0 Å². The highest BCUT2D eigenvalue weighted by Gasteiger charge is 2.12. The van der Waals surface area contributed by atoms with Gasteiger partial charge in [0.05, 0.1) is 0 Å². The van der Waals surface area contributed by atoms with Crippen molar-refractivity contribution >= 4 is 34.2 Å². The van der Waals surface area contributed by atoms with Crippen LogP contribution in [0.4, 0.5) is 11.6 Å². The number of nitrogens with two attached hydrogens (primary N) is 3. The van der Waals surface area contributed by atoms with Gasteiger partial charge in [-0.2, -0.15) is 0 Å². The van der Waals surface area contributed by atoms with Gasteiger partial charge < -0.3 is 11.5 Å². The van der Waals surface area contributed by atoms with Crippen LogP contribution in [0.3, 0.4) is 0 Å². The standard InChI is InChI=1S/C5H8IN5/c1-2-4(7)11(9)5(8)3(6)10-2/h9H2,1H3,(H3,7,8)/p+1. The molecule has 0 aromatic carbocycles. The smallest absolute Gasteiger partial charge is 0.273 e. The van der Waals surface area contributed by atoms with E-state index >= 15 is 0 Å². The predicted octanol–water partition coefficient (Wildman–Crippen LogP) is -0.840. The zero-order valence-corrected chi connectivity index (χ0v) is 8.16. The Morgan fingerprint density at radius 3 is 2.45 bits per heavy atom. The van der Waals surface area contributed by atoms with Gasteiger partial charge in [0, 0.05) is 0 Å². The van der Waals surface area contributed by atoms with Crippen LogP contribution < -0.4 is 22.0 Å². The van der Waals surface area contributed by atoms with Crippen LogP contribution in [0.15, 0.2) is 0 Å². The van der Waals surface area contributed by atoms with E-state index in [2.05, 4.69) is 4.98 Å². The van der Waals surface area contributed by atoms with Crippen LogP contribution in [-0.2, 0) is 0 Å². The van der Waals surface area contributed by atoms with Crippen molar-refractivity contribution in [3.63, 3.8) is 0 Å². The molecular formula is C5H9IN5+. The molecular weight excluding hydrogens is 257 g/mol. The van der Waals surface area contributed by atoms with E-state index in [-0.39, 0.29) is 0 Å². The van der Waals surface area contributed by atoms with E-state index in [1.54, 1.807) is 6.92 Å². The van der Waals surface area contributed by atoms with Gasteiger partial charge in [-0.25, -0.2) is 4.98 Å². The molecule has 0 saturated heterocycles. The topological polar surface area (TPSA) is 94.8 Å². The highest BCUT2D eigenvalue weighted by Crippen LogP contribution is 2.09. The highest BCUT2D eigenvalue weighted by molar-refractivity contribution is 14.1. The first kappa shape index (κ1) is 8.31.